The molecule has 0 spiro atoms. The largest absolute Gasteiger partial charge is 0.349 e. The maximum absolute atomic E-state index is 5.33. The second-order valence-corrected chi connectivity index (χ2v) is 8.61. The summed E-state index contributed by atoms with van der Waals surface area (Å²) >= 11 is 2.06. The molecule has 0 aliphatic carbocycles. The SMILES string of the molecule is CN=C(NCc1noc(C(C)(C)C)n1)N1CCSC(C(C)C)C1.I. The van der Waals surface area contributed by atoms with Crippen LogP contribution in [0.2, 0.25) is 0 Å². The van der Waals surface area contributed by atoms with Gasteiger partial charge in [-0.2, -0.15) is 16.7 Å². The number of hydrogen-bond donors (Lipinski definition) is 1. The summed E-state index contributed by atoms with van der Waals surface area (Å²) in [5.41, 5.74) is -0.124. The lowest BCUT2D eigenvalue weighted by Gasteiger charge is -2.36. The molecule has 1 fully saturated rings. The van der Waals surface area contributed by atoms with Crippen LogP contribution in [0.3, 0.4) is 0 Å². The number of aliphatic imine (C=N–C) groups is 1. The van der Waals surface area contributed by atoms with E-state index in [4.69, 9.17) is 4.52 Å². The van der Waals surface area contributed by atoms with Crippen molar-refractivity contribution in [3.63, 3.8) is 0 Å². The zero-order valence-electron chi connectivity index (χ0n) is 15.5. The smallest absolute Gasteiger partial charge is 0.232 e. The number of nitrogens with zero attached hydrogens (tertiary/aromatic N) is 4. The predicted octanol–water partition coefficient (Wildman–Crippen LogP) is 3.13. The van der Waals surface area contributed by atoms with E-state index in [1.54, 1.807) is 0 Å². The summed E-state index contributed by atoms with van der Waals surface area (Å²) in [6.45, 7) is 13.3. The Morgan fingerprint density at radius 1 is 1.46 bits per heavy atom. The van der Waals surface area contributed by atoms with Crippen LogP contribution in [0, 0.1) is 5.92 Å². The van der Waals surface area contributed by atoms with E-state index in [0.717, 1.165) is 24.8 Å². The molecule has 1 aliphatic heterocycles. The van der Waals surface area contributed by atoms with Crippen LogP contribution >= 0.6 is 35.7 Å². The minimum absolute atomic E-state index is 0. The molecule has 0 saturated carbocycles. The average molecular weight is 467 g/mol. The van der Waals surface area contributed by atoms with Gasteiger partial charge in [-0.1, -0.05) is 39.8 Å². The molecule has 0 radical (unpaired) electrons. The van der Waals surface area contributed by atoms with E-state index < -0.39 is 0 Å². The lowest BCUT2D eigenvalue weighted by Crippen LogP contribution is -2.48. The number of thioether (sulfide) groups is 1. The standard InChI is InChI=1S/C16H29N5OS.HI/c1-11(2)12-10-21(7-8-23-12)15(17-6)18-9-13-19-14(22-20-13)16(3,4)5;/h11-12H,7-10H2,1-6H3,(H,17,18);1H. The Kier molecular flexibility index (Phi) is 8.31. The quantitative estimate of drug-likeness (QED) is 0.419. The first kappa shape index (κ1) is 21.5. The normalized spacial score (nSPS) is 19.4. The molecule has 8 heteroatoms. The fraction of sp³-hybridized carbons (Fsp3) is 0.812. The van der Waals surface area contributed by atoms with Crippen LogP contribution in [0.4, 0.5) is 0 Å². The van der Waals surface area contributed by atoms with Gasteiger partial charge in [0.05, 0.1) is 6.54 Å². The van der Waals surface area contributed by atoms with Crippen LogP contribution in [-0.2, 0) is 12.0 Å². The van der Waals surface area contributed by atoms with E-state index in [9.17, 15) is 0 Å². The fourth-order valence-electron chi connectivity index (χ4n) is 2.39. The van der Waals surface area contributed by atoms with Crippen molar-refractivity contribution in [2.75, 3.05) is 25.9 Å². The number of halogens is 1. The highest BCUT2D eigenvalue weighted by atomic mass is 127. The van der Waals surface area contributed by atoms with Crippen molar-refractivity contribution < 1.29 is 4.52 Å². The summed E-state index contributed by atoms with van der Waals surface area (Å²) in [4.78, 5) is 11.2. The molecule has 2 rings (SSSR count). The highest BCUT2D eigenvalue weighted by molar-refractivity contribution is 14.0. The van der Waals surface area contributed by atoms with Crippen molar-refractivity contribution in [2.24, 2.45) is 10.9 Å². The fourth-order valence-corrected chi connectivity index (χ4v) is 3.69. The molecule has 1 saturated heterocycles. The van der Waals surface area contributed by atoms with Crippen molar-refractivity contribution in [3.05, 3.63) is 11.7 Å². The second-order valence-electron chi connectivity index (χ2n) is 7.27. The van der Waals surface area contributed by atoms with Gasteiger partial charge in [-0.25, -0.2) is 0 Å². The van der Waals surface area contributed by atoms with Gasteiger partial charge in [-0.3, -0.25) is 4.99 Å². The first-order valence-electron chi connectivity index (χ1n) is 8.21. The molecule has 2 heterocycles. The van der Waals surface area contributed by atoms with E-state index in [-0.39, 0.29) is 29.4 Å². The Bertz CT molecular complexity index is 541. The predicted molar refractivity (Wildman–Crippen MR) is 111 cm³/mol. The molecular weight excluding hydrogens is 437 g/mol. The van der Waals surface area contributed by atoms with E-state index in [2.05, 4.69) is 71.7 Å². The van der Waals surface area contributed by atoms with E-state index in [1.807, 2.05) is 7.05 Å². The number of aromatic nitrogens is 2. The Hall–Kier alpha value is -0.510. The molecule has 1 atom stereocenters. The van der Waals surface area contributed by atoms with Crippen LogP contribution in [0.15, 0.2) is 9.52 Å². The molecule has 1 aliphatic rings. The Morgan fingerprint density at radius 3 is 2.71 bits per heavy atom. The third-order valence-corrected chi connectivity index (χ3v) is 5.40. The van der Waals surface area contributed by atoms with Crippen molar-refractivity contribution in [3.8, 4) is 0 Å². The van der Waals surface area contributed by atoms with Crippen molar-refractivity contribution in [1.82, 2.24) is 20.4 Å². The lowest BCUT2D eigenvalue weighted by molar-refractivity contribution is 0.318. The third kappa shape index (κ3) is 5.79. The first-order valence-corrected chi connectivity index (χ1v) is 9.26. The van der Waals surface area contributed by atoms with Gasteiger partial charge in [0.1, 0.15) is 0 Å². The van der Waals surface area contributed by atoms with E-state index >= 15 is 0 Å². The molecule has 6 nitrogen and oxygen atoms in total. The van der Waals surface area contributed by atoms with Gasteiger partial charge in [0.2, 0.25) is 5.89 Å². The van der Waals surface area contributed by atoms with Gasteiger partial charge < -0.3 is 14.7 Å². The van der Waals surface area contributed by atoms with Crippen LogP contribution in [0.1, 0.15) is 46.3 Å². The van der Waals surface area contributed by atoms with E-state index in [0.29, 0.717) is 29.4 Å². The van der Waals surface area contributed by atoms with Crippen LogP contribution < -0.4 is 5.32 Å². The molecule has 138 valence electrons. The molecule has 1 unspecified atom stereocenters. The summed E-state index contributed by atoms with van der Waals surface area (Å²) < 4.78 is 5.33. The average Bonchev–Trinajstić information content (AvgIpc) is 2.97. The highest BCUT2D eigenvalue weighted by Crippen LogP contribution is 2.25. The van der Waals surface area contributed by atoms with E-state index in [1.165, 1.54) is 0 Å². The minimum atomic E-state index is -0.124. The number of nitrogens with one attached hydrogen (secondary N) is 1. The van der Waals surface area contributed by atoms with Gasteiger partial charge in [-0.05, 0) is 5.92 Å². The third-order valence-electron chi connectivity index (χ3n) is 3.86. The molecule has 1 aromatic rings. The highest BCUT2D eigenvalue weighted by Gasteiger charge is 2.25. The zero-order valence-corrected chi connectivity index (χ0v) is 18.6. The second kappa shape index (κ2) is 9.26. The molecular formula is C16H30IN5OS. The van der Waals surface area contributed by atoms with Crippen molar-refractivity contribution in [1.29, 1.82) is 0 Å². The van der Waals surface area contributed by atoms with Gasteiger partial charge >= 0.3 is 0 Å². The lowest BCUT2D eigenvalue weighted by atomic mass is 9.97. The summed E-state index contributed by atoms with van der Waals surface area (Å²) in [5.74, 6) is 4.06. The molecule has 1 aromatic heterocycles. The minimum Gasteiger partial charge on any atom is -0.349 e. The van der Waals surface area contributed by atoms with Gasteiger partial charge in [0.25, 0.3) is 0 Å². The molecule has 24 heavy (non-hydrogen) atoms. The maximum atomic E-state index is 5.33. The molecule has 0 aromatic carbocycles. The number of rotatable bonds is 3. The van der Waals surface area contributed by atoms with Gasteiger partial charge in [0, 0.05) is 36.6 Å². The molecule has 0 bridgehead atoms. The van der Waals surface area contributed by atoms with Crippen LogP contribution in [0.5, 0.6) is 0 Å². The summed E-state index contributed by atoms with van der Waals surface area (Å²) in [5, 5.41) is 8.07. The Labute approximate surface area is 166 Å². The van der Waals surface area contributed by atoms with Crippen LogP contribution in [-0.4, -0.2) is 52.1 Å². The summed E-state index contributed by atoms with van der Waals surface area (Å²) in [6, 6.07) is 0. The molecule has 0 amide bonds. The summed E-state index contributed by atoms with van der Waals surface area (Å²) in [6.07, 6.45) is 0. The van der Waals surface area contributed by atoms with Crippen LogP contribution in [0.25, 0.3) is 0 Å². The zero-order chi connectivity index (χ0) is 17.0. The Balaban J connectivity index is 0.00000288. The van der Waals surface area contributed by atoms with Gasteiger partial charge in [-0.15, -0.1) is 24.0 Å². The number of hydrogen-bond acceptors (Lipinski definition) is 5. The Morgan fingerprint density at radius 2 is 2.17 bits per heavy atom. The first-order chi connectivity index (χ1) is 10.8. The number of guanidine groups is 1. The van der Waals surface area contributed by atoms with Gasteiger partial charge in [0.15, 0.2) is 11.8 Å². The van der Waals surface area contributed by atoms with Crippen molar-refractivity contribution >= 4 is 41.7 Å². The summed E-state index contributed by atoms with van der Waals surface area (Å²) in [7, 11) is 1.82. The maximum Gasteiger partial charge on any atom is 0.232 e. The topological polar surface area (TPSA) is 66.5 Å². The monoisotopic (exact) mass is 467 g/mol. The molecule has 1 N–H and O–H groups in total. The van der Waals surface area contributed by atoms with Crippen molar-refractivity contribution in [2.45, 2.75) is 51.8 Å².